The molecule has 1 amide bonds. The van der Waals surface area contributed by atoms with Crippen molar-refractivity contribution < 1.29 is 13.9 Å². The van der Waals surface area contributed by atoms with Gasteiger partial charge in [0.2, 0.25) is 11.8 Å². The Morgan fingerprint density at radius 3 is 3.12 bits per heavy atom. The molecule has 0 unspecified atom stereocenters. The largest absolute Gasteiger partial charge is 0.425 e. The number of hydrogen-bond acceptors (Lipinski definition) is 5. The summed E-state index contributed by atoms with van der Waals surface area (Å²) in [4.78, 5) is 18.2. The predicted molar refractivity (Wildman–Crippen MR) is 89.2 cm³/mol. The average Bonchev–Trinajstić information content (AvgIpc) is 3.35. The van der Waals surface area contributed by atoms with Crippen molar-refractivity contribution in [2.24, 2.45) is 5.92 Å². The number of aromatic nitrogens is 3. The molecule has 4 heterocycles. The molecule has 2 aliphatic heterocycles. The number of hydrogen-bond donors (Lipinski definition) is 1. The number of aromatic amines is 1. The van der Waals surface area contributed by atoms with E-state index in [4.69, 9.17) is 9.15 Å². The van der Waals surface area contributed by atoms with Crippen molar-refractivity contribution in [1.29, 1.82) is 0 Å². The highest BCUT2D eigenvalue weighted by Crippen LogP contribution is 2.43. The van der Waals surface area contributed by atoms with Crippen molar-refractivity contribution in [2.45, 2.75) is 12.3 Å². The molecule has 128 valence electrons. The maximum absolute atomic E-state index is 13.2. The summed E-state index contributed by atoms with van der Waals surface area (Å²) in [5.74, 6) is 1.34. The number of ether oxygens (including phenoxy) is 1. The van der Waals surface area contributed by atoms with Gasteiger partial charge in [0.05, 0.1) is 18.6 Å². The molecular weight excluding hydrogens is 320 g/mol. The molecule has 2 aliphatic rings. The molecule has 7 nitrogen and oxygen atoms in total. The summed E-state index contributed by atoms with van der Waals surface area (Å²) in [6.45, 7) is 4.08. The van der Waals surface area contributed by atoms with Gasteiger partial charge >= 0.3 is 0 Å². The number of benzene rings is 1. The first-order valence-electron chi connectivity index (χ1n) is 8.41. The number of amides is 1. The molecule has 2 aromatic heterocycles. The Bertz CT molecular complexity index is 962. The smallest absolute Gasteiger partial charge is 0.254 e. The van der Waals surface area contributed by atoms with Crippen LogP contribution in [0.4, 0.5) is 0 Å². The second-order valence-electron chi connectivity index (χ2n) is 6.92. The molecule has 0 spiro atoms. The van der Waals surface area contributed by atoms with Gasteiger partial charge in [0.1, 0.15) is 0 Å². The summed E-state index contributed by atoms with van der Waals surface area (Å²) >= 11 is 0. The number of aryl methyl sites for hydroxylation is 1. The molecule has 0 saturated carbocycles. The van der Waals surface area contributed by atoms with Crippen molar-refractivity contribution in [3.05, 3.63) is 47.8 Å². The Morgan fingerprint density at radius 1 is 1.36 bits per heavy atom. The number of rotatable bonds is 2. The van der Waals surface area contributed by atoms with E-state index in [1.807, 2.05) is 35.4 Å². The van der Waals surface area contributed by atoms with Crippen molar-refractivity contribution >= 4 is 16.8 Å². The average molecular weight is 338 g/mol. The van der Waals surface area contributed by atoms with Crippen molar-refractivity contribution in [3.8, 4) is 0 Å². The molecule has 2 atom stereocenters. The van der Waals surface area contributed by atoms with E-state index in [-0.39, 0.29) is 17.2 Å². The Kier molecular flexibility index (Phi) is 3.03. The van der Waals surface area contributed by atoms with Gasteiger partial charge in [0.15, 0.2) is 0 Å². The minimum atomic E-state index is -0.386. The molecule has 5 rings (SSSR count). The standard InChI is InChI=1S/C18H18N4O3/c1-11-20-21-17(25-11)18-9-22(7-12(18)8-24-10-18)16(23)14-3-2-4-15-13(14)5-6-19-15/h2-6,12,19H,7-10H2,1H3/t12-,18-/m0/s1. The third kappa shape index (κ3) is 2.05. The summed E-state index contributed by atoms with van der Waals surface area (Å²) in [6.07, 6.45) is 1.86. The quantitative estimate of drug-likeness (QED) is 0.771. The van der Waals surface area contributed by atoms with Gasteiger partial charge < -0.3 is 19.0 Å². The zero-order valence-corrected chi connectivity index (χ0v) is 13.9. The van der Waals surface area contributed by atoms with E-state index in [0.29, 0.717) is 38.1 Å². The van der Waals surface area contributed by atoms with Gasteiger partial charge in [0, 0.05) is 48.6 Å². The van der Waals surface area contributed by atoms with Gasteiger partial charge in [-0.25, -0.2) is 0 Å². The predicted octanol–water partition coefficient (Wildman–Crippen LogP) is 1.90. The molecule has 25 heavy (non-hydrogen) atoms. The van der Waals surface area contributed by atoms with E-state index in [1.165, 1.54) is 0 Å². The first-order chi connectivity index (χ1) is 12.2. The van der Waals surface area contributed by atoms with E-state index < -0.39 is 0 Å². The lowest BCUT2D eigenvalue weighted by atomic mass is 9.81. The zero-order chi connectivity index (χ0) is 17.0. The fourth-order valence-corrected chi connectivity index (χ4v) is 4.13. The lowest BCUT2D eigenvalue weighted by Crippen LogP contribution is -2.37. The number of carbonyl (C=O) groups is 1. The molecule has 0 radical (unpaired) electrons. The molecule has 2 fully saturated rings. The normalized spacial score (nSPS) is 25.6. The van der Waals surface area contributed by atoms with Crippen molar-refractivity contribution in [2.75, 3.05) is 26.3 Å². The van der Waals surface area contributed by atoms with Gasteiger partial charge in [-0.3, -0.25) is 4.79 Å². The van der Waals surface area contributed by atoms with Gasteiger partial charge in [-0.15, -0.1) is 10.2 Å². The fraction of sp³-hybridized carbons (Fsp3) is 0.389. The number of likely N-dealkylation sites (tertiary alicyclic amines) is 1. The highest BCUT2D eigenvalue weighted by Gasteiger charge is 2.56. The molecule has 1 N–H and O–H groups in total. The number of nitrogens with one attached hydrogen (secondary N) is 1. The second-order valence-corrected chi connectivity index (χ2v) is 6.92. The van der Waals surface area contributed by atoms with E-state index in [1.54, 1.807) is 6.92 Å². The van der Waals surface area contributed by atoms with Crippen LogP contribution >= 0.6 is 0 Å². The van der Waals surface area contributed by atoms with Crippen LogP contribution in [0.15, 0.2) is 34.9 Å². The molecule has 1 aromatic carbocycles. The van der Waals surface area contributed by atoms with Crippen LogP contribution in [0.25, 0.3) is 10.9 Å². The van der Waals surface area contributed by atoms with Crippen LogP contribution in [0, 0.1) is 12.8 Å². The molecular formula is C18H18N4O3. The first-order valence-corrected chi connectivity index (χ1v) is 8.41. The second kappa shape index (κ2) is 5.16. The van der Waals surface area contributed by atoms with Crippen molar-refractivity contribution in [1.82, 2.24) is 20.1 Å². The lowest BCUT2D eigenvalue weighted by Gasteiger charge is -2.23. The van der Waals surface area contributed by atoms with Gasteiger partial charge in [-0.1, -0.05) is 6.07 Å². The molecule has 3 aromatic rings. The monoisotopic (exact) mass is 338 g/mol. The van der Waals surface area contributed by atoms with E-state index in [2.05, 4.69) is 15.2 Å². The number of fused-ring (bicyclic) bond motifs is 2. The van der Waals surface area contributed by atoms with E-state index >= 15 is 0 Å². The van der Waals surface area contributed by atoms with Crippen LogP contribution in [0.2, 0.25) is 0 Å². The van der Waals surface area contributed by atoms with Crippen LogP contribution in [0.3, 0.4) is 0 Å². The summed E-state index contributed by atoms with van der Waals surface area (Å²) in [7, 11) is 0. The topological polar surface area (TPSA) is 84.3 Å². The third-order valence-corrected chi connectivity index (χ3v) is 5.44. The maximum atomic E-state index is 13.2. The summed E-state index contributed by atoms with van der Waals surface area (Å²) in [6, 6.07) is 7.71. The molecule has 2 saturated heterocycles. The Morgan fingerprint density at radius 2 is 2.28 bits per heavy atom. The highest BCUT2D eigenvalue weighted by atomic mass is 16.5. The number of nitrogens with zero attached hydrogens (tertiary/aromatic N) is 3. The molecule has 0 bridgehead atoms. The zero-order valence-electron chi connectivity index (χ0n) is 13.9. The van der Waals surface area contributed by atoms with E-state index in [0.717, 1.165) is 16.5 Å². The highest BCUT2D eigenvalue weighted by molar-refractivity contribution is 6.06. The minimum Gasteiger partial charge on any atom is -0.425 e. The lowest BCUT2D eigenvalue weighted by molar-refractivity contribution is 0.0740. The van der Waals surface area contributed by atoms with Crippen LogP contribution < -0.4 is 0 Å². The first kappa shape index (κ1) is 14.7. The van der Waals surface area contributed by atoms with Gasteiger partial charge in [-0.2, -0.15) is 0 Å². The van der Waals surface area contributed by atoms with E-state index in [9.17, 15) is 4.79 Å². The van der Waals surface area contributed by atoms with Crippen LogP contribution in [0.5, 0.6) is 0 Å². The Labute approximate surface area is 144 Å². The molecule has 0 aliphatic carbocycles. The van der Waals surface area contributed by atoms with Crippen LogP contribution in [0.1, 0.15) is 22.1 Å². The number of carbonyl (C=O) groups excluding carboxylic acids is 1. The third-order valence-electron chi connectivity index (χ3n) is 5.44. The summed E-state index contributed by atoms with van der Waals surface area (Å²) in [5.41, 5.74) is 1.30. The van der Waals surface area contributed by atoms with Crippen molar-refractivity contribution in [3.63, 3.8) is 0 Å². The van der Waals surface area contributed by atoms with Crippen LogP contribution in [-0.2, 0) is 10.2 Å². The SMILES string of the molecule is Cc1nnc([C@@]23COC[C@@H]2CN(C(=O)c2cccc4[nH]ccc24)C3)o1. The fourth-order valence-electron chi connectivity index (χ4n) is 4.13. The maximum Gasteiger partial charge on any atom is 0.254 e. The van der Waals surface area contributed by atoms with Gasteiger partial charge in [-0.05, 0) is 18.2 Å². The van der Waals surface area contributed by atoms with Crippen LogP contribution in [-0.4, -0.2) is 52.3 Å². The summed E-state index contributed by atoms with van der Waals surface area (Å²) in [5, 5.41) is 9.15. The molecule has 7 heteroatoms. The van der Waals surface area contributed by atoms with Gasteiger partial charge in [0.25, 0.3) is 5.91 Å². The Balaban J connectivity index is 1.50. The number of H-pyrrole nitrogens is 1. The summed E-state index contributed by atoms with van der Waals surface area (Å²) < 4.78 is 11.4. The Hall–Kier alpha value is -2.67. The minimum absolute atomic E-state index is 0.0372.